The van der Waals surface area contributed by atoms with Gasteiger partial charge in [-0.25, -0.2) is 0 Å². The van der Waals surface area contributed by atoms with E-state index < -0.39 is 0 Å². The Morgan fingerprint density at radius 2 is 2.09 bits per heavy atom. The Kier molecular flexibility index (Phi) is 1.98. The van der Waals surface area contributed by atoms with Crippen LogP contribution in [0.3, 0.4) is 0 Å². The van der Waals surface area contributed by atoms with E-state index in [4.69, 9.17) is 0 Å². The van der Waals surface area contributed by atoms with Crippen molar-refractivity contribution in [2.24, 2.45) is 0 Å². The molecule has 0 aromatic heterocycles. The molecule has 0 heterocycles. The van der Waals surface area contributed by atoms with Crippen molar-refractivity contribution in [2.75, 3.05) is 0 Å². The second-order valence-corrected chi connectivity index (χ2v) is 4.32. The van der Waals surface area contributed by atoms with Crippen LogP contribution in [0.1, 0.15) is 24.3 Å². The van der Waals surface area contributed by atoms with Crippen molar-refractivity contribution in [3.05, 3.63) is 28.2 Å². The molecule has 1 aliphatic rings. The number of thiol groups is 1. The van der Waals surface area contributed by atoms with Crippen LogP contribution >= 0.6 is 28.6 Å². The van der Waals surface area contributed by atoms with Gasteiger partial charge in [0.15, 0.2) is 0 Å². The summed E-state index contributed by atoms with van der Waals surface area (Å²) < 4.78 is 1.09. The summed E-state index contributed by atoms with van der Waals surface area (Å²) in [4.78, 5) is 1.05. The summed E-state index contributed by atoms with van der Waals surface area (Å²) in [5, 5.41) is 0. The van der Waals surface area contributed by atoms with Gasteiger partial charge in [0.05, 0.1) is 0 Å². The normalized spacial score (nSPS) is 16.9. The van der Waals surface area contributed by atoms with Crippen molar-refractivity contribution in [2.45, 2.75) is 23.7 Å². The molecule has 1 aromatic carbocycles. The van der Waals surface area contributed by atoms with Crippen molar-refractivity contribution >= 4 is 28.6 Å². The molecule has 0 unspecified atom stereocenters. The fourth-order valence-corrected chi connectivity index (χ4v) is 1.67. The van der Waals surface area contributed by atoms with Crippen molar-refractivity contribution in [3.63, 3.8) is 0 Å². The van der Waals surface area contributed by atoms with Crippen LogP contribution in [0.15, 0.2) is 27.6 Å². The van der Waals surface area contributed by atoms with E-state index in [1.807, 2.05) is 0 Å². The third-order valence-corrected chi connectivity index (χ3v) is 3.39. The summed E-state index contributed by atoms with van der Waals surface area (Å²) in [5.74, 6) is 0.828. The van der Waals surface area contributed by atoms with E-state index in [9.17, 15) is 0 Å². The van der Waals surface area contributed by atoms with Crippen LogP contribution < -0.4 is 0 Å². The molecule has 0 radical (unpaired) electrons. The van der Waals surface area contributed by atoms with E-state index in [1.54, 1.807) is 0 Å². The molecule has 1 aliphatic carbocycles. The maximum atomic E-state index is 4.34. The van der Waals surface area contributed by atoms with Gasteiger partial charge in [-0.15, -0.1) is 12.6 Å². The van der Waals surface area contributed by atoms with E-state index in [2.05, 4.69) is 46.8 Å². The zero-order valence-corrected chi connectivity index (χ0v) is 8.53. The summed E-state index contributed by atoms with van der Waals surface area (Å²) in [6, 6.07) is 6.42. The van der Waals surface area contributed by atoms with Gasteiger partial charge in [-0.3, -0.25) is 0 Å². The first kappa shape index (κ1) is 7.69. The lowest BCUT2D eigenvalue weighted by atomic mass is 10.1. The fraction of sp³-hybridized carbons (Fsp3) is 0.333. The molecule has 58 valence electrons. The minimum atomic E-state index is 0.828. The number of halogens is 1. The van der Waals surface area contributed by atoms with Crippen LogP contribution in [0.25, 0.3) is 0 Å². The molecule has 1 aromatic rings. The van der Waals surface area contributed by atoms with Gasteiger partial charge in [-0.2, -0.15) is 0 Å². The van der Waals surface area contributed by atoms with Crippen molar-refractivity contribution in [1.29, 1.82) is 0 Å². The number of hydrogen-bond acceptors (Lipinski definition) is 1. The Labute approximate surface area is 80.5 Å². The largest absolute Gasteiger partial charge is 0.142 e. The molecule has 0 aliphatic heterocycles. The van der Waals surface area contributed by atoms with Gasteiger partial charge in [-0.05, 0) is 52.4 Å². The highest BCUT2D eigenvalue weighted by molar-refractivity contribution is 9.10. The summed E-state index contributed by atoms with van der Waals surface area (Å²) in [6.45, 7) is 0. The minimum Gasteiger partial charge on any atom is -0.142 e. The van der Waals surface area contributed by atoms with Crippen LogP contribution in [0, 0.1) is 0 Å². The predicted octanol–water partition coefficient (Wildman–Crippen LogP) is 3.62. The predicted molar refractivity (Wildman–Crippen MR) is 53.4 cm³/mol. The Morgan fingerprint density at radius 3 is 2.64 bits per heavy atom. The summed E-state index contributed by atoms with van der Waals surface area (Å²) >= 11 is 7.77. The third kappa shape index (κ3) is 1.62. The lowest BCUT2D eigenvalue weighted by Crippen LogP contribution is -1.79. The van der Waals surface area contributed by atoms with Crippen molar-refractivity contribution in [3.8, 4) is 0 Å². The number of hydrogen-bond donors (Lipinski definition) is 1. The van der Waals surface area contributed by atoms with Gasteiger partial charge >= 0.3 is 0 Å². The Balaban J connectivity index is 2.36. The molecule has 0 atom stereocenters. The molecular weight excluding hydrogens is 220 g/mol. The summed E-state index contributed by atoms with van der Waals surface area (Å²) in [5.41, 5.74) is 1.44. The highest BCUT2D eigenvalue weighted by atomic mass is 79.9. The second kappa shape index (κ2) is 2.83. The average molecular weight is 229 g/mol. The lowest BCUT2D eigenvalue weighted by molar-refractivity contribution is 1.11. The minimum absolute atomic E-state index is 0.828. The van der Waals surface area contributed by atoms with Crippen molar-refractivity contribution < 1.29 is 0 Å². The lowest BCUT2D eigenvalue weighted by Gasteiger charge is -2.00. The van der Waals surface area contributed by atoms with E-state index in [0.29, 0.717) is 0 Å². The fourth-order valence-electron chi connectivity index (χ4n) is 1.20. The van der Waals surface area contributed by atoms with Crippen LogP contribution in [-0.2, 0) is 0 Å². The first-order chi connectivity index (χ1) is 5.27. The topological polar surface area (TPSA) is 0 Å². The van der Waals surface area contributed by atoms with Crippen LogP contribution in [0.5, 0.6) is 0 Å². The van der Waals surface area contributed by atoms with Gasteiger partial charge in [0.2, 0.25) is 0 Å². The molecular formula is C9H9BrS. The maximum Gasteiger partial charge on any atom is 0.0308 e. The molecule has 2 heteroatoms. The number of rotatable bonds is 1. The molecule has 0 saturated heterocycles. The molecule has 1 saturated carbocycles. The number of benzene rings is 1. The summed E-state index contributed by atoms with van der Waals surface area (Å²) in [7, 11) is 0. The van der Waals surface area contributed by atoms with E-state index in [0.717, 1.165) is 15.3 Å². The van der Waals surface area contributed by atoms with Crippen LogP contribution in [0.2, 0.25) is 0 Å². The monoisotopic (exact) mass is 228 g/mol. The Hall–Kier alpha value is 0.0500. The third-order valence-electron chi connectivity index (χ3n) is 2.02. The van der Waals surface area contributed by atoms with Crippen LogP contribution in [-0.4, -0.2) is 0 Å². The zero-order chi connectivity index (χ0) is 7.84. The van der Waals surface area contributed by atoms with Crippen LogP contribution in [0.4, 0.5) is 0 Å². The smallest absolute Gasteiger partial charge is 0.0308 e. The van der Waals surface area contributed by atoms with E-state index >= 15 is 0 Å². The second-order valence-electron chi connectivity index (χ2n) is 2.99. The quantitative estimate of drug-likeness (QED) is 0.698. The van der Waals surface area contributed by atoms with E-state index in [-0.39, 0.29) is 0 Å². The average Bonchev–Trinajstić information content (AvgIpc) is 2.77. The maximum absolute atomic E-state index is 4.34. The van der Waals surface area contributed by atoms with Gasteiger partial charge in [0.25, 0.3) is 0 Å². The van der Waals surface area contributed by atoms with Gasteiger partial charge in [-0.1, -0.05) is 6.07 Å². The first-order valence-electron chi connectivity index (χ1n) is 3.76. The first-order valence-corrected chi connectivity index (χ1v) is 5.00. The molecule has 0 spiro atoms. The molecule has 0 amide bonds. The Morgan fingerprint density at radius 1 is 1.36 bits per heavy atom. The van der Waals surface area contributed by atoms with Gasteiger partial charge < -0.3 is 0 Å². The molecule has 0 N–H and O–H groups in total. The molecule has 1 fully saturated rings. The Bertz CT molecular complexity index is 279. The highest BCUT2D eigenvalue weighted by Crippen LogP contribution is 2.41. The van der Waals surface area contributed by atoms with E-state index in [1.165, 1.54) is 18.4 Å². The SMILES string of the molecule is Sc1cc(C2CC2)ccc1Br. The summed E-state index contributed by atoms with van der Waals surface area (Å²) in [6.07, 6.45) is 2.71. The highest BCUT2D eigenvalue weighted by Gasteiger charge is 2.23. The molecule has 11 heavy (non-hydrogen) atoms. The van der Waals surface area contributed by atoms with Crippen molar-refractivity contribution in [1.82, 2.24) is 0 Å². The van der Waals surface area contributed by atoms with Gasteiger partial charge in [0.1, 0.15) is 0 Å². The van der Waals surface area contributed by atoms with Gasteiger partial charge in [0, 0.05) is 9.37 Å². The molecule has 2 rings (SSSR count). The molecule has 0 nitrogen and oxygen atoms in total. The zero-order valence-electron chi connectivity index (χ0n) is 6.05. The molecule has 0 bridgehead atoms. The standard InChI is InChI=1S/C9H9BrS/c10-8-4-3-7(5-9(8)11)6-1-2-6/h3-6,11H,1-2H2.